The molecule has 3 aromatic rings. The predicted octanol–water partition coefficient (Wildman–Crippen LogP) is 6.97. The quantitative estimate of drug-likeness (QED) is 0.291. The molecule has 0 atom stereocenters. The molecule has 29 heavy (non-hydrogen) atoms. The van der Waals surface area contributed by atoms with Crippen molar-refractivity contribution in [3.8, 4) is 0 Å². The number of carbonyl (C=O) groups is 1. The highest BCUT2D eigenvalue weighted by molar-refractivity contribution is 8.22. The summed E-state index contributed by atoms with van der Waals surface area (Å²) in [4.78, 5) is 16.8. The van der Waals surface area contributed by atoms with Gasteiger partial charge in [0.1, 0.15) is 0 Å². The molecule has 0 radical (unpaired) electrons. The first-order chi connectivity index (χ1) is 14.2. The summed E-state index contributed by atoms with van der Waals surface area (Å²) in [6.07, 6.45) is 5.35. The molecule has 0 spiro atoms. The molecule has 0 aliphatic carbocycles. The fourth-order valence-electron chi connectivity index (χ4n) is 2.62. The normalized spacial score (nSPS) is 10.7. The number of thioether (sulfide) groups is 2. The molecule has 0 aliphatic heterocycles. The van der Waals surface area contributed by atoms with Crippen LogP contribution in [-0.4, -0.2) is 10.8 Å². The Hall–Kier alpha value is -2.69. The number of allylic oxidation sites excluding steroid dienone is 1. The third-order valence-corrected chi connectivity index (χ3v) is 6.10. The summed E-state index contributed by atoms with van der Waals surface area (Å²) in [6, 6.07) is 30.5. The van der Waals surface area contributed by atoms with Crippen LogP contribution in [0.5, 0.6) is 0 Å². The topological polar surface area (TPSA) is 20.3 Å². The van der Waals surface area contributed by atoms with E-state index < -0.39 is 0 Å². The number of carbonyl (C=O) groups excluding carboxylic acids is 1. The van der Waals surface area contributed by atoms with E-state index in [1.165, 1.54) is 0 Å². The van der Waals surface area contributed by atoms with E-state index in [1.807, 2.05) is 79.9 Å². The molecule has 0 aliphatic rings. The minimum absolute atomic E-state index is 0.0313. The van der Waals surface area contributed by atoms with E-state index in [4.69, 9.17) is 0 Å². The molecule has 3 rings (SSSR count). The van der Waals surface area contributed by atoms with Crippen molar-refractivity contribution in [3.63, 3.8) is 0 Å². The highest BCUT2D eigenvalue weighted by atomic mass is 32.2. The summed E-state index contributed by atoms with van der Waals surface area (Å²) in [5.74, 6) is -0.0313. The number of hydrogen-bond donors (Lipinski definition) is 0. The Bertz CT molecular complexity index is 910. The lowest BCUT2D eigenvalue weighted by molar-refractivity contribution is -0.124. The van der Waals surface area contributed by atoms with Gasteiger partial charge in [0, 0.05) is 16.0 Å². The highest BCUT2D eigenvalue weighted by Gasteiger charge is 2.13. The van der Waals surface area contributed by atoms with Gasteiger partial charge in [0.15, 0.2) is 0 Å². The summed E-state index contributed by atoms with van der Waals surface area (Å²) in [5, 5.41) is 0. The van der Waals surface area contributed by atoms with Gasteiger partial charge in [-0.1, -0.05) is 96.3 Å². The Morgan fingerprint density at radius 2 is 1.28 bits per heavy atom. The summed E-state index contributed by atoms with van der Waals surface area (Å²) < 4.78 is 1.04. The van der Waals surface area contributed by atoms with Crippen molar-refractivity contribution in [2.24, 2.45) is 0 Å². The van der Waals surface area contributed by atoms with Crippen LogP contribution in [0.25, 0.3) is 0 Å². The maximum Gasteiger partial charge on any atom is 0.250 e. The number of nitrogens with zero attached hydrogens (tertiary/aromatic N) is 1. The number of hydrogen-bond acceptors (Lipinski definition) is 3. The standard InChI is InChI=1S/C25H23NOS2/c1-2-12-24(27)26(19-21-13-6-3-7-14-21)20-25(28-22-15-8-4-9-16-22)29-23-17-10-5-11-18-23/h2-18,20H,19H2,1H3/b12-2+. The third-order valence-electron chi connectivity index (χ3n) is 3.97. The fourth-order valence-corrected chi connectivity index (χ4v) is 4.77. The molecular formula is C25H23NOS2. The van der Waals surface area contributed by atoms with Crippen LogP contribution in [-0.2, 0) is 11.3 Å². The minimum atomic E-state index is -0.0313. The van der Waals surface area contributed by atoms with E-state index in [2.05, 4.69) is 24.3 Å². The van der Waals surface area contributed by atoms with E-state index in [0.29, 0.717) is 6.54 Å². The molecule has 0 unspecified atom stereocenters. The molecule has 2 nitrogen and oxygen atoms in total. The first-order valence-electron chi connectivity index (χ1n) is 9.39. The lowest BCUT2D eigenvalue weighted by atomic mass is 10.2. The SMILES string of the molecule is C/C=C/C(=O)N(C=C(Sc1ccccc1)Sc1ccccc1)Cc1ccccc1. The van der Waals surface area contributed by atoms with Gasteiger partial charge in [0.2, 0.25) is 0 Å². The van der Waals surface area contributed by atoms with Crippen LogP contribution >= 0.6 is 23.5 Å². The second-order valence-corrected chi connectivity index (χ2v) is 8.72. The molecule has 0 fully saturated rings. The minimum Gasteiger partial charge on any atom is -0.309 e. The first kappa shape index (κ1) is 21.0. The van der Waals surface area contributed by atoms with E-state index >= 15 is 0 Å². The second-order valence-electron chi connectivity index (χ2n) is 6.23. The number of rotatable bonds is 8. The number of benzene rings is 3. The Labute approximate surface area is 181 Å². The Morgan fingerprint density at radius 3 is 1.76 bits per heavy atom. The van der Waals surface area contributed by atoms with Crippen LogP contribution < -0.4 is 0 Å². The lowest BCUT2D eigenvalue weighted by Gasteiger charge is -2.19. The Balaban J connectivity index is 1.92. The molecule has 146 valence electrons. The zero-order valence-electron chi connectivity index (χ0n) is 16.3. The van der Waals surface area contributed by atoms with E-state index in [9.17, 15) is 4.79 Å². The third kappa shape index (κ3) is 7.00. The van der Waals surface area contributed by atoms with Crippen molar-refractivity contribution in [3.05, 3.63) is 119 Å². The summed E-state index contributed by atoms with van der Waals surface area (Å²) in [5.41, 5.74) is 1.09. The van der Waals surface area contributed by atoms with Crippen LogP contribution in [0.15, 0.2) is 123 Å². The second kappa shape index (κ2) is 11.3. The van der Waals surface area contributed by atoms with E-state index in [0.717, 1.165) is 19.6 Å². The molecule has 4 heteroatoms. The Kier molecular flexibility index (Phi) is 8.23. The van der Waals surface area contributed by atoms with Gasteiger partial charge in [0.05, 0.1) is 10.8 Å². The van der Waals surface area contributed by atoms with Gasteiger partial charge in [-0.25, -0.2) is 0 Å². The van der Waals surface area contributed by atoms with Crippen molar-refractivity contribution in [1.29, 1.82) is 0 Å². The summed E-state index contributed by atoms with van der Waals surface area (Å²) >= 11 is 3.33. The molecule has 3 aromatic carbocycles. The van der Waals surface area contributed by atoms with Crippen LogP contribution in [0.3, 0.4) is 0 Å². The Morgan fingerprint density at radius 1 is 0.793 bits per heavy atom. The van der Waals surface area contributed by atoms with Crippen molar-refractivity contribution in [2.75, 3.05) is 0 Å². The zero-order valence-corrected chi connectivity index (χ0v) is 17.9. The van der Waals surface area contributed by atoms with Gasteiger partial charge in [-0.15, -0.1) is 0 Å². The molecule has 0 saturated heterocycles. The molecule has 0 N–H and O–H groups in total. The summed E-state index contributed by atoms with van der Waals surface area (Å²) in [7, 11) is 0. The average Bonchev–Trinajstić information content (AvgIpc) is 2.75. The van der Waals surface area contributed by atoms with Crippen molar-refractivity contribution in [2.45, 2.75) is 23.3 Å². The first-order valence-corrected chi connectivity index (χ1v) is 11.0. The van der Waals surface area contributed by atoms with Crippen LogP contribution in [0.2, 0.25) is 0 Å². The molecular weight excluding hydrogens is 394 g/mol. The zero-order chi connectivity index (χ0) is 20.3. The van der Waals surface area contributed by atoms with Crippen LogP contribution in [0.1, 0.15) is 12.5 Å². The fraction of sp³-hybridized carbons (Fsp3) is 0.0800. The lowest BCUT2D eigenvalue weighted by Crippen LogP contribution is -2.23. The molecule has 0 heterocycles. The predicted molar refractivity (Wildman–Crippen MR) is 124 cm³/mol. The van der Waals surface area contributed by atoms with Crippen molar-refractivity contribution < 1.29 is 4.79 Å². The van der Waals surface area contributed by atoms with Gasteiger partial charge in [0.25, 0.3) is 5.91 Å². The highest BCUT2D eigenvalue weighted by Crippen LogP contribution is 2.39. The molecule has 0 bridgehead atoms. The summed E-state index contributed by atoms with van der Waals surface area (Å²) in [6.45, 7) is 2.39. The van der Waals surface area contributed by atoms with Gasteiger partial charge in [-0.3, -0.25) is 4.79 Å². The van der Waals surface area contributed by atoms with Crippen LogP contribution in [0, 0.1) is 0 Å². The monoisotopic (exact) mass is 417 g/mol. The van der Waals surface area contributed by atoms with Gasteiger partial charge in [-0.2, -0.15) is 0 Å². The average molecular weight is 418 g/mol. The van der Waals surface area contributed by atoms with Gasteiger partial charge >= 0.3 is 0 Å². The van der Waals surface area contributed by atoms with Gasteiger partial charge in [-0.05, 0) is 42.8 Å². The van der Waals surface area contributed by atoms with Crippen molar-refractivity contribution >= 4 is 29.4 Å². The molecule has 1 amide bonds. The van der Waals surface area contributed by atoms with E-state index in [1.54, 1.807) is 40.6 Å². The van der Waals surface area contributed by atoms with Crippen LogP contribution in [0.4, 0.5) is 0 Å². The molecule has 0 saturated carbocycles. The molecule has 0 aromatic heterocycles. The number of amides is 1. The van der Waals surface area contributed by atoms with E-state index in [-0.39, 0.29) is 5.91 Å². The maximum absolute atomic E-state index is 12.8. The maximum atomic E-state index is 12.8. The van der Waals surface area contributed by atoms with Crippen molar-refractivity contribution in [1.82, 2.24) is 4.90 Å². The smallest absolute Gasteiger partial charge is 0.250 e. The van der Waals surface area contributed by atoms with Gasteiger partial charge < -0.3 is 4.90 Å². The largest absolute Gasteiger partial charge is 0.309 e.